The van der Waals surface area contributed by atoms with Crippen LogP contribution in [0.5, 0.6) is 5.75 Å². The minimum atomic E-state index is -0.741. The lowest BCUT2D eigenvalue weighted by Crippen LogP contribution is -2.40. The Balaban J connectivity index is 2.10. The van der Waals surface area contributed by atoms with Gasteiger partial charge in [0.25, 0.3) is 11.5 Å². The number of anilines is 2. The molecule has 0 saturated heterocycles. The lowest BCUT2D eigenvalue weighted by Gasteiger charge is -2.24. The fourth-order valence-electron chi connectivity index (χ4n) is 3.28. The fourth-order valence-corrected chi connectivity index (χ4v) is 3.28. The van der Waals surface area contributed by atoms with E-state index in [1.54, 1.807) is 36.4 Å². The normalized spacial score (nSPS) is 11.1. The van der Waals surface area contributed by atoms with Gasteiger partial charge in [0.15, 0.2) is 5.69 Å². The Morgan fingerprint density at radius 1 is 1.25 bits per heavy atom. The molecule has 0 aliphatic carbocycles. The van der Waals surface area contributed by atoms with Crippen molar-refractivity contribution in [3.63, 3.8) is 0 Å². The lowest BCUT2D eigenvalue weighted by atomic mass is 10.1. The highest BCUT2D eigenvalue weighted by Crippen LogP contribution is 2.25. The molecule has 0 fully saturated rings. The van der Waals surface area contributed by atoms with E-state index in [1.165, 1.54) is 35.0 Å². The van der Waals surface area contributed by atoms with Gasteiger partial charge in [-0.05, 0) is 30.7 Å². The quantitative estimate of drug-likeness (QED) is 0.495. The second-order valence-electron chi connectivity index (χ2n) is 7.08. The van der Waals surface area contributed by atoms with Gasteiger partial charge in [-0.2, -0.15) is 0 Å². The van der Waals surface area contributed by atoms with Crippen molar-refractivity contribution in [3.05, 3.63) is 80.9 Å². The summed E-state index contributed by atoms with van der Waals surface area (Å²) >= 11 is 0. The van der Waals surface area contributed by atoms with Gasteiger partial charge in [0.2, 0.25) is 0 Å². The molecule has 9 heteroatoms. The molecule has 3 aromatic rings. The number of aromatic amines is 1. The van der Waals surface area contributed by atoms with Gasteiger partial charge in [0, 0.05) is 18.2 Å². The van der Waals surface area contributed by atoms with E-state index in [0.29, 0.717) is 30.0 Å². The molecular weight excluding hydrogens is 412 g/mol. The highest BCUT2D eigenvalue weighted by molar-refractivity contribution is 6.04. The number of nitrogens with zero attached hydrogens (tertiary/aromatic N) is 2. The Hall–Kier alpha value is -4.01. The van der Waals surface area contributed by atoms with Crippen LogP contribution in [0.4, 0.5) is 11.5 Å². The number of unbranched alkanes of at least 4 members (excludes halogenated alkanes) is 1. The second-order valence-corrected chi connectivity index (χ2v) is 7.08. The van der Waals surface area contributed by atoms with Crippen LogP contribution >= 0.6 is 0 Å². The Morgan fingerprint density at radius 2 is 2.03 bits per heavy atom. The van der Waals surface area contributed by atoms with Gasteiger partial charge >= 0.3 is 5.69 Å². The molecule has 3 rings (SSSR count). The number of furan rings is 1. The number of H-pyrrole nitrogens is 1. The Bertz CT molecular complexity index is 1210. The third kappa shape index (κ3) is 5.00. The smallest absolute Gasteiger partial charge is 0.330 e. The average Bonchev–Trinajstić information content (AvgIpc) is 3.30. The van der Waals surface area contributed by atoms with Crippen LogP contribution in [0, 0.1) is 0 Å². The van der Waals surface area contributed by atoms with E-state index in [9.17, 15) is 14.4 Å². The topological polar surface area (TPSA) is 124 Å². The summed E-state index contributed by atoms with van der Waals surface area (Å²) < 4.78 is 11.9. The van der Waals surface area contributed by atoms with E-state index in [4.69, 9.17) is 14.9 Å². The highest BCUT2D eigenvalue weighted by Gasteiger charge is 2.24. The van der Waals surface area contributed by atoms with Crippen LogP contribution in [0.2, 0.25) is 0 Å². The number of para-hydroxylation sites is 1. The third-order valence-electron chi connectivity index (χ3n) is 4.94. The molecule has 2 aromatic heterocycles. The summed E-state index contributed by atoms with van der Waals surface area (Å²) in [6.07, 6.45) is 5.79. The number of nitrogens with one attached hydrogen (secondary N) is 1. The molecule has 0 radical (unpaired) electrons. The summed E-state index contributed by atoms with van der Waals surface area (Å²) in [6, 6.07) is 10.5. The number of rotatable bonds is 9. The maximum Gasteiger partial charge on any atom is 0.330 e. The fraction of sp³-hybridized carbons (Fsp3) is 0.261. The number of hydrogen-bond acceptors (Lipinski definition) is 6. The maximum atomic E-state index is 13.2. The predicted octanol–water partition coefficient (Wildman–Crippen LogP) is 2.77. The molecule has 1 aromatic carbocycles. The van der Waals surface area contributed by atoms with Gasteiger partial charge < -0.3 is 14.9 Å². The van der Waals surface area contributed by atoms with E-state index >= 15 is 0 Å². The zero-order valence-corrected chi connectivity index (χ0v) is 18.0. The third-order valence-corrected chi connectivity index (χ3v) is 4.94. The van der Waals surface area contributed by atoms with Crippen molar-refractivity contribution in [2.45, 2.75) is 32.9 Å². The van der Waals surface area contributed by atoms with Crippen molar-refractivity contribution in [2.75, 3.05) is 17.7 Å². The molecule has 0 bridgehead atoms. The summed E-state index contributed by atoms with van der Waals surface area (Å²) in [5, 5.41) is 0. The first-order chi connectivity index (χ1) is 15.5. The molecule has 0 aliphatic rings. The zero-order valence-electron chi connectivity index (χ0n) is 18.0. The van der Waals surface area contributed by atoms with Gasteiger partial charge in [0.05, 0.1) is 19.9 Å². The van der Waals surface area contributed by atoms with E-state index < -0.39 is 17.2 Å². The molecule has 0 atom stereocenters. The van der Waals surface area contributed by atoms with Gasteiger partial charge in [-0.25, -0.2) is 4.79 Å². The Kier molecular flexibility index (Phi) is 7.33. The number of nitrogen functional groups attached to an aromatic ring is 1. The molecule has 0 saturated carbocycles. The van der Waals surface area contributed by atoms with E-state index in [-0.39, 0.29) is 18.1 Å². The first-order valence-electron chi connectivity index (χ1n) is 10.2. The van der Waals surface area contributed by atoms with E-state index in [0.717, 1.165) is 6.42 Å². The lowest BCUT2D eigenvalue weighted by molar-refractivity contribution is -0.114. The summed E-state index contributed by atoms with van der Waals surface area (Å²) in [5.41, 5.74) is 5.47. The van der Waals surface area contributed by atoms with Crippen molar-refractivity contribution >= 4 is 23.5 Å². The molecule has 168 valence electrons. The van der Waals surface area contributed by atoms with Crippen LogP contribution in [0.3, 0.4) is 0 Å². The van der Waals surface area contributed by atoms with Crippen LogP contribution in [-0.4, -0.2) is 22.6 Å². The molecule has 32 heavy (non-hydrogen) atoms. The molecule has 0 unspecified atom stereocenters. The minimum absolute atomic E-state index is 0.00457. The van der Waals surface area contributed by atoms with Gasteiger partial charge in [-0.3, -0.25) is 24.0 Å². The summed E-state index contributed by atoms with van der Waals surface area (Å²) in [5.74, 6) is 0.451. The van der Waals surface area contributed by atoms with E-state index in [2.05, 4.69) is 4.98 Å². The van der Waals surface area contributed by atoms with Crippen molar-refractivity contribution in [3.8, 4) is 5.75 Å². The molecular formula is C23H26N4O5. The van der Waals surface area contributed by atoms with Crippen LogP contribution < -0.4 is 26.6 Å². The second kappa shape index (κ2) is 10.3. The van der Waals surface area contributed by atoms with Crippen molar-refractivity contribution in [2.24, 2.45) is 0 Å². The molecule has 9 nitrogen and oxygen atoms in total. The number of hydrogen-bond donors (Lipinski definition) is 2. The summed E-state index contributed by atoms with van der Waals surface area (Å²) in [6.45, 7) is 2.30. The standard InChI is InChI=1S/C23H26N4O5/c1-3-4-13-26-21(24)20(22(29)25-23(26)30)27(15-16-8-5-6-10-18(16)31-2)19(28)12-11-17-9-7-14-32-17/h5-12,14H,3-4,13,15,24H2,1-2H3,(H,25,29,30)/b12-11+. The number of aromatic nitrogens is 2. The monoisotopic (exact) mass is 438 g/mol. The Morgan fingerprint density at radius 3 is 2.72 bits per heavy atom. The molecule has 3 N–H and O–H groups in total. The van der Waals surface area contributed by atoms with Crippen LogP contribution in [0.15, 0.2) is 62.7 Å². The summed E-state index contributed by atoms with van der Waals surface area (Å²) in [7, 11) is 1.52. The molecule has 1 amide bonds. The van der Waals surface area contributed by atoms with Gasteiger partial charge in [-0.15, -0.1) is 0 Å². The number of ether oxygens (including phenoxy) is 1. The Labute approximate surface area is 184 Å². The van der Waals surface area contributed by atoms with Crippen molar-refractivity contribution < 1.29 is 13.9 Å². The first-order valence-corrected chi connectivity index (χ1v) is 10.2. The number of benzene rings is 1. The van der Waals surface area contributed by atoms with Crippen molar-refractivity contribution in [1.82, 2.24) is 9.55 Å². The minimum Gasteiger partial charge on any atom is -0.496 e. The number of carbonyl (C=O) groups excluding carboxylic acids is 1. The molecule has 0 aliphatic heterocycles. The number of amides is 1. The predicted molar refractivity (Wildman–Crippen MR) is 123 cm³/mol. The molecule has 2 heterocycles. The van der Waals surface area contributed by atoms with Gasteiger partial charge in [-0.1, -0.05) is 31.5 Å². The SMILES string of the molecule is CCCCn1c(N)c(N(Cc2ccccc2OC)C(=O)/C=C/c2ccco2)c(=O)[nH]c1=O. The maximum absolute atomic E-state index is 13.2. The van der Waals surface area contributed by atoms with Crippen molar-refractivity contribution in [1.29, 1.82) is 0 Å². The number of nitrogens with two attached hydrogens (primary N) is 1. The molecule has 0 spiro atoms. The van der Waals surface area contributed by atoms with Crippen LogP contribution in [0.25, 0.3) is 6.08 Å². The van der Waals surface area contributed by atoms with Crippen LogP contribution in [-0.2, 0) is 17.9 Å². The number of methoxy groups -OCH3 is 1. The summed E-state index contributed by atoms with van der Waals surface area (Å²) in [4.78, 5) is 41.9. The largest absolute Gasteiger partial charge is 0.496 e. The zero-order chi connectivity index (χ0) is 23.1. The van der Waals surface area contributed by atoms with E-state index in [1.807, 2.05) is 6.92 Å². The van der Waals surface area contributed by atoms with Crippen LogP contribution in [0.1, 0.15) is 31.1 Å². The van der Waals surface area contributed by atoms with Gasteiger partial charge in [0.1, 0.15) is 17.3 Å². The first kappa shape index (κ1) is 22.7. The highest BCUT2D eigenvalue weighted by atomic mass is 16.5. The number of carbonyl (C=O) groups is 1. The average molecular weight is 438 g/mol.